The Morgan fingerprint density at radius 1 is 1.24 bits per heavy atom. The highest BCUT2D eigenvalue weighted by atomic mass is 16.5. The average molecular weight is 332 g/mol. The fourth-order valence-electron chi connectivity index (χ4n) is 2.28. The second-order valence-corrected chi connectivity index (χ2v) is 5.41. The Balaban J connectivity index is 2.19. The molecule has 25 heavy (non-hydrogen) atoms. The maximum Gasteiger partial charge on any atom is 0.262 e. The molecule has 0 aliphatic heterocycles. The van der Waals surface area contributed by atoms with E-state index < -0.39 is 5.91 Å². The van der Waals surface area contributed by atoms with Crippen LogP contribution in [0.2, 0.25) is 0 Å². The molecule has 2 aromatic carbocycles. The first-order chi connectivity index (χ1) is 12.2. The molecule has 0 fully saturated rings. The molecule has 0 heterocycles. The number of nitrogens with one attached hydrogen (secondary N) is 1. The Labute approximate surface area is 148 Å². The zero-order valence-electron chi connectivity index (χ0n) is 14.1. The Morgan fingerprint density at radius 2 is 1.92 bits per heavy atom. The van der Waals surface area contributed by atoms with E-state index in [1.807, 2.05) is 55.5 Å². The molecule has 0 spiro atoms. The summed E-state index contributed by atoms with van der Waals surface area (Å²) in [6.45, 7) is 5.84. The van der Waals surface area contributed by atoms with Crippen molar-refractivity contribution in [2.45, 2.75) is 13.0 Å². The molecule has 2 rings (SSSR count). The zero-order valence-corrected chi connectivity index (χ0v) is 14.1. The topological polar surface area (TPSA) is 62.1 Å². The number of ether oxygens (including phenoxy) is 1. The van der Waals surface area contributed by atoms with Gasteiger partial charge >= 0.3 is 0 Å². The van der Waals surface area contributed by atoms with Gasteiger partial charge in [-0.05, 0) is 24.6 Å². The number of nitrogens with zero attached hydrogens (tertiary/aromatic N) is 1. The predicted molar refractivity (Wildman–Crippen MR) is 98.7 cm³/mol. The summed E-state index contributed by atoms with van der Waals surface area (Å²) in [5, 5.41) is 12.2. The van der Waals surface area contributed by atoms with Crippen LogP contribution in [-0.4, -0.2) is 12.5 Å². The number of rotatable bonds is 7. The van der Waals surface area contributed by atoms with Gasteiger partial charge in [-0.3, -0.25) is 4.79 Å². The van der Waals surface area contributed by atoms with E-state index in [1.165, 1.54) is 6.08 Å². The number of amides is 1. The van der Waals surface area contributed by atoms with Gasteiger partial charge in [-0.1, -0.05) is 61.2 Å². The van der Waals surface area contributed by atoms with Crippen molar-refractivity contribution in [1.82, 2.24) is 5.32 Å². The number of para-hydroxylation sites is 1. The molecule has 0 aliphatic carbocycles. The number of nitriles is 1. The number of hydrogen-bond acceptors (Lipinski definition) is 3. The minimum atomic E-state index is -0.419. The van der Waals surface area contributed by atoms with Crippen LogP contribution in [0.1, 0.15) is 24.1 Å². The number of carbonyl (C=O) groups excluding carboxylic acids is 1. The van der Waals surface area contributed by atoms with E-state index >= 15 is 0 Å². The molecule has 4 heteroatoms. The second kappa shape index (κ2) is 9.09. The fraction of sp³-hybridized carbons (Fsp3) is 0.143. The molecule has 2 aromatic rings. The van der Waals surface area contributed by atoms with Gasteiger partial charge < -0.3 is 10.1 Å². The standard InChI is InChI=1S/C21H20N2O2/c1-3-13-25-20-12-8-7-11-18(20)14-19(15-22)21(24)23-16(2)17-9-5-4-6-10-17/h3-12,14,16H,1,13H2,2H3,(H,23,24)/b19-14+/t16-/m1/s1. The monoisotopic (exact) mass is 332 g/mol. The fourth-order valence-corrected chi connectivity index (χ4v) is 2.28. The summed E-state index contributed by atoms with van der Waals surface area (Å²) in [5.74, 6) is 0.177. The Kier molecular flexibility index (Phi) is 6.56. The molecule has 0 saturated carbocycles. The van der Waals surface area contributed by atoms with Crippen molar-refractivity contribution in [3.63, 3.8) is 0 Å². The van der Waals surface area contributed by atoms with Gasteiger partial charge in [0.15, 0.2) is 0 Å². The van der Waals surface area contributed by atoms with Gasteiger partial charge in [0.2, 0.25) is 0 Å². The first-order valence-electron chi connectivity index (χ1n) is 7.96. The lowest BCUT2D eigenvalue weighted by Crippen LogP contribution is -2.27. The highest BCUT2D eigenvalue weighted by molar-refractivity contribution is 6.02. The van der Waals surface area contributed by atoms with Crippen LogP contribution in [0, 0.1) is 11.3 Å². The normalized spacial score (nSPS) is 11.9. The second-order valence-electron chi connectivity index (χ2n) is 5.41. The quantitative estimate of drug-likeness (QED) is 0.473. The lowest BCUT2D eigenvalue weighted by atomic mass is 10.1. The molecule has 1 atom stereocenters. The molecule has 1 N–H and O–H groups in total. The van der Waals surface area contributed by atoms with Gasteiger partial charge in [0.25, 0.3) is 5.91 Å². The molecular formula is C21H20N2O2. The van der Waals surface area contributed by atoms with Crippen LogP contribution in [0.5, 0.6) is 5.75 Å². The van der Waals surface area contributed by atoms with Crippen molar-refractivity contribution in [1.29, 1.82) is 5.26 Å². The lowest BCUT2D eigenvalue weighted by Gasteiger charge is -2.14. The largest absolute Gasteiger partial charge is 0.489 e. The zero-order chi connectivity index (χ0) is 18.1. The molecule has 0 bridgehead atoms. The van der Waals surface area contributed by atoms with Crippen LogP contribution >= 0.6 is 0 Å². The van der Waals surface area contributed by atoms with E-state index in [2.05, 4.69) is 11.9 Å². The first-order valence-corrected chi connectivity index (χ1v) is 7.96. The molecule has 0 saturated heterocycles. The summed E-state index contributed by atoms with van der Waals surface area (Å²) in [6.07, 6.45) is 3.17. The number of carbonyl (C=O) groups is 1. The summed E-state index contributed by atoms with van der Waals surface area (Å²) < 4.78 is 5.56. The molecular weight excluding hydrogens is 312 g/mol. The van der Waals surface area contributed by atoms with E-state index in [1.54, 1.807) is 18.2 Å². The van der Waals surface area contributed by atoms with Gasteiger partial charge in [-0.15, -0.1) is 0 Å². The highest BCUT2D eigenvalue weighted by Crippen LogP contribution is 2.21. The van der Waals surface area contributed by atoms with E-state index in [-0.39, 0.29) is 11.6 Å². The summed E-state index contributed by atoms with van der Waals surface area (Å²) >= 11 is 0. The van der Waals surface area contributed by atoms with Gasteiger partial charge in [-0.2, -0.15) is 5.26 Å². The van der Waals surface area contributed by atoms with Crippen molar-refractivity contribution in [2.24, 2.45) is 0 Å². The number of benzene rings is 2. The van der Waals surface area contributed by atoms with E-state index in [9.17, 15) is 10.1 Å². The summed E-state index contributed by atoms with van der Waals surface area (Å²) in [7, 11) is 0. The third-order valence-electron chi connectivity index (χ3n) is 3.59. The Bertz CT molecular complexity index is 804. The van der Waals surface area contributed by atoms with Crippen LogP contribution in [0.25, 0.3) is 6.08 Å². The third kappa shape index (κ3) is 5.08. The molecule has 4 nitrogen and oxygen atoms in total. The van der Waals surface area contributed by atoms with Gasteiger partial charge in [0.05, 0.1) is 6.04 Å². The van der Waals surface area contributed by atoms with Gasteiger partial charge in [-0.25, -0.2) is 0 Å². The molecule has 0 aliphatic rings. The number of hydrogen-bond donors (Lipinski definition) is 1. The summed E-state index contributed by atoms with van der Waals surface area (Å²) in [5.41, 5.74) is 1.67. The molecule has 1 amide bonds. The predicted octanol–water partition coefficient (Wildman–Crippen LogP) is 4.04. The third-order valence-corrected chi connectivity index (χ3v) is 3.59. The smallest absolute Gasteiger partial charge is 0.262 e. The Morgan fingerprint density at radius 3 is 2.60 bits per heavy atom. The van der Waals surface area contributed by atoms with Crippen molar-refractivity contribution in [2.75, 3.05) is 6.61 Å². The summed E-state index contributed by atoms with van der Waals surface area (Å²) in [4.78, 5) is 12.4. The van der Waals surface area contributed by atoms with Crippen molar-refractivity contribution in [3.05, 3.63) is 84.0 Å². The first kappa shape index (κ1) is 18.0. The SMILES string of the molecule is C=CCOc1ccccc1/C=C(\C#N)C(=O)N[C@H](C)c1ccccc1. The minimum Gasteiger partial charge on any atom is -0.489 e. The summed E-state index contributed by atoms with van der Waals surface area (Å²) in [6, 6.07) is 18.6. The van der Waals surface area contributed by atoms with Crippen molar-refractivity contribution in [3.8, 4) is 11.8 Å². The van der Waals surface area contributed by atoms with Crippen LogP contribution in [0.15, 0.2) is 72.8 Å². The van der Waals surface area contributed by atoms with Crippen LogP contribution in [0.4, 0.5) is 0 Å². The van der Waals surface area contributed by atoms with E-state index in [0.717, 1.165) is 5.56 Å². The molecule has 0 radical (unpaired) electrons. The maximum absolute atomic E-state index is 12.4. The molecule has 126 valence electrons. The molecule has 0 unspecified atom stereocenters. The van der Waals surface area contributed by atoms with Crippen LogP contribution in [0.3, 0.4) is 0 Å². The molecule has 0 aromatic heterocycles. The van der Waals surface area contributed by atoms with E-state index in [4.69, 9.17) is 4.74 Å². The highest BCUT2D eigenvalue weighted by Gasteiger charge is 2.14. The lowest BCUT2D eigenvalue weighted by molar-refractivity contribution is -0.117. The maximum atomic E-state index is 12.4. The van der Waals surface area contributed by atoms with E-state index in [0.29, 0.717) is 17.9 Å². The van der Waals surface area contributed by atoms with Crippen molar-refractivity contribution >= 4 is 12.0 Å². The van der Waals surface area contributed by atoms with Crippen LogP contribution in [-0.2, 0) is 4.79 Å². The van der Waals surface area contributed by atoms with Crippen molar-refractivity contribution < 1.29 is 9.53 Å². The van der Waals surface area contributed by atoms with Gasteiger partial charge in [0.1, 0.15) is 24.0 Å². The average Bonchev–Trinajstić information content (AvgIpc) is 2.65. The van der Waals surface area contributed by atoms with Gasteiger partial charge in [0, 0.05) is 5.56 Å². The minimum absolute atomic E-state index is 0.0254. The Hall–Kier alpha value is -3.32. The van der Waals surface area contributed by atoms with Crippen LogP contribution < -0.4 is 10.1 Å².